The summed E-state index contributed by atoms with van der Waals surface area (Å²) in [6, 6.07) is 8.32. The van der Waals surface area contributed by atoms with E-state index in [1.165, 1.54) is 0 Å². The van der Waals surface area contributed by atoms with E-state index >= 15 is 0 Å². The second-order valence-corrected chi connectivity index (χ2v) is 5.46. The molecule has 1 aliphatic carbocycles. The molecule has 1 amide bonds. The van der Waals surface area contributed by atoms with Gasteiger partial charge in [-0.05, 0) is 37.8 Å². The van der Waals surface area contributed by atoms with Crippen molar-refractivity contribution in [2.45, 2.75) is 25.8 Å². The molecule has 0 bridgehead atoms. The first-order chi connectivity index (χ1) is 10.1. The molecule has 1 aliphatic rings. The Kier molecular flexibility index (Phi) is 3.33. The molecule has 1 heterocycles. The first-order valence-corrected chi connectivity index (χ1v) is 6.96. The number of fused-ring (bicyclic) bond motifs is 1. The van der Waals surface area contributed by atoms with E-state index in [2.05, 4.69) is 10.3 Å². The van der Waals surface area contributed by atoms with E-state index in [9.17, 15) is 14.7 Å². The number of benzene rings is 1. The summed E-state index contributed by atoms with van der Waals surface area (Å²) in [6.45, 7) is 1.86. The lowest BCUT2D eigenvalue weighted by Gasteiger charge is -2.14. The largest absolute Gasteiger partial charge is 0.480 e. The van der Waals surface area contributed by atoms with Crippen molar-refractivity contribution in [2.24, 2.45) is 5.92 Å². The highest BCUT2D eigenvalue weighted by Gasteiger charge is 2.37. The molecular weight excluding hydrogens is 268 g/mol. The maximum Gasteiger partial charge on any atom is 0.326 e. The Balaban J connectivity index is 1.94. The van der Waals surface area contributed by atoms with Crippen molar-refractivity contribution in [1.29, 1.82) is 0 Å². The third-order valence-electron chi connectivity index (χ3n) is 3.75. The normalized spacial score (nSPS) is 15.7. The number of nitrogens with zero attached hydrogens (tertiary/aromatic N) is 1. The van der Waals surface area contributed by atoms with E-state index in [-0.39, 0.29) is 11.8 Å². The molecule has 0 radical (unpaired) electrons. The third-order valence-corrected chi connectivity index (χ3v) is 3.75. The van der Waals surface area contributed by atoms with Crippen LogP contribution in [0.25, 0.3) is 10.9 Å². The summed E-state index contributed by atoms with van der Waals surface area (Å²) in [5.41, 5.74) is 1.85. The fourth-order valence-corrected chi connectivity index (χ4v) is 2.46. The van der Waals surface area contributed by atoms with Gasteiger partial charge in [0.25, 0.3) is 5.91 Å². The summed E-state index contributed by atoms with van der Waals surface area (Å²) in [5, 5.41) is 12.7. The molecular formula is C16H16N2O3. The molecule has 1 aromatic heterocycles. The summed E-state index contributed by atoms with van der Waals surface area (Å²) in [4.78, 5) is 28.0. The van der Waals surface area contributed by atoms with Gasteiger partial charge in [0.2, 0.25) is 0 Å². The van der Waals surface area contributed by atoms with Gasteiger partial charge in [-0.15, -0.1) is 0 Å². The van der Waals surface area contributed by atoms with Gasteiger partial charge in [0.1, 0.15) is 6.04 Å². The minimum absolute atomic E-state index is 0.0520. The zero-order valence-corrected chi connectivity index (χ0v) is 11.7. The molecule has 3 rings (SSSR count). The number of para-hydroxylation sites is 1. The topological polar surface area (TPSA) is 79.3 Å². The second kappa shape index (κ2) is 5.16. The summed E-state index contributed by atoms with van der Waals surface area (Å²) >= 11 is 0. The second-order valence-electron chi connectivity index (χ2n) is 5.46. The van der Waals surface area contributed by atoms with Crippen molar-refractivity contribution in [3.05, 3.63) is 41.6 Å². The van der Waals surface area contributed by atoms with Crippen molar-refractivity contribution in [3.63, 3.8) is 0 Å². The van der Waals surface area contributed by atoms with E-state index in [1.54, 1.807) is 12.1 Å². The van der Waals surface area contributed by atoms with E-state index in [0.29, 0.717) is 11.1 Å². The van der Waals surface area contributed by atoms with Gasteiger partial charge in [0.15, 0.2) is 0 Å². The fourth-order valence-electron chi connectivity index (χ4n) is 2.46. The van der Waals surface area contributed by atoms with Crippen LogP contribution < -0.4 is 5.32 Å². The lowest BCUT2D eigenvalue weighted by atomic mass is 10.1. The number of aliphatic carboxylic acids is 1. The minimum atomic E-state index is -0.977. The Morgan fingerprint density at radius 1 is 1.29 bits per heavy atom. The zero-order valence-electron chi connectivity index (χ0n) is 11.7. The maximum atomic E-state index is 12.4. The van der Waals surface area contributed by atoms with Crippen LogP contribution in [0.3, 0.4) is 0 Å². The van der Waals surface area contributed by atoms with Gasteiger partial charge in [-0.2, -0.15) is 0 Å². The number of carbonyl (C=O) groups excluding carboxylic acids is 1. The number of carboxylic acid groups (broad SMARTS) is 1. The molecule has 1 fully saturated rings. The molecule has 2 aromatic rings. The summed E-state index contributed by atoms with van der Waals surface area (Å²) in [5.74, 6) is -1.30. The van der Waals surface area contributed by atoms with Crippen LogP contribution in [0.2, 0.25) is 0 Å². The van der Waals surface area contributed by atoms with E-state index in [1.807, 2.05) is 25.1 Å². The average Bonchev–Trinajstić information content (AvgIpc) is 3.28. The van der Waals surface area contributed by atoms with Crippen molar-refractivity contribution in [2.75, 3.05) is 0 Å². The van der Waals surface area contributed by atoms with Crippen LogP contribution in [-0.4, -0.2) is 28.0 Å². The number of pyridine rings is 1. The molecule has 0 aliphatic heterocycles. The monoisotopic (exact) mass is 284 g/mol. The first-order valence-electron chi connectivity index (χ1n) is 6.96. The Labute approximate surface area is 122 Å². The van der Waals surface area contributed by atoms with Crippen LogP contribution in [0.1, 0.15) is 28.9 Å². The summed E-state index contributed by atoms with van der Waals surface area (Å²) in [6.07, 6.45) is 1.70. The van der Waals surface area contributed by atoms with E-state index in [0.717, 1.165) is 23.9 Å². The van der Waals surface area contributed by atoms with Crippen molar-refractivity contribution < 1.29 is 14.7 Å². The van der Waals surface area contributed by atoms with E-state index < -0.39 is 12.0 Å². The standard InChI is InChI=1S/C16H16N2O3/c1-9-5-6-10-3-2-4-12(13(10)17-9)15(19)18-14(16(20)21)11-7-8-11/h2-6,11,14H,7-8H2,1H3,(H,18,19)(H,20,21). The Morgan fingerprint density at radius 2 is 2.05 bits per heavy atom. The van der Waals surface area contributed by atoms with Gasteiger partial charge in [-0.3, -0.25) is 9.78 Å². The van der Waals surface area contributed by atoms with Crippen LogP contribution in [-0.2, 0) is 4.79 Å². The van der Waals surface area contributed by atoms with Gasteiger partial charge in [-0.25, -0.2) is 4.79 Å². The maximum absolute atomic E-state index is 12.4. The average molecular weight is 284 g/mol. The lowest BCUT2D eigenvalue weighted by molar-refractivity contribution is -0.139. The molecule has 0 spiro atoms. The van der Waals surface area contributed by atoms with Crippen LogP contribution in [0.5, 0.6) is 0 Å². The number of hydrogen-bond donors (Lipinski definition) is 2. The molecule has 108 valence electrons. The van der Waals surface area contributed by atoms with Crippen LogP contribution >= 0.6 is 0 Å². The smallest absolute Gasteiger partial charge is 0.326 e. The van der Waals surface area contributed by atoms with Gasteiger partial charge in [-0.1, -0.05) is 18.2 Å². The van der Waals surface area contributed by atoms with Crippen molar-refractivity contribution >= 4 is 22.8 Å². The SMILES string of the molecule is Cc1ccc2cccc(C(=O)NC(C(=O)O)C3CC3)c2n1. The van der Waals surface area contributed by atoms with Crippen LogP contribution in [0.15, 0.2) is 30.3 Å². The molecule has 1 aromatic carbocycles. The van der Waals surface area contributed by atoms with Crippen molar-refractivity contribution in [3.8, 4) is 0 Å². The number of nitrogens with one attached hydrogen (secondary N) is 1. The molecule has 5 nitrogen and oxygen atoms in total. The fraction of sp³-hybridized carbons (Fsp3) is 0.312. The van der Waals surface area contributed by atoms with Crippen LogP contribution in [0.4, 0.5) is 0 Å². The van der Waals surface area contributed by atoms with Gasteiger partial charge >= 0.3 is 5.97 Å². The molecule has 21 heavy (non-hydrogen) atoms. The first kappa shape index (κ1) is 13.5. The number of carboxylic acids is 1. The van der Waals surface area contributed by atoms with Crippen molar-refractivity contribution in [1.82, 2.24) is 10.3 Å². The predicted molar refractivity (Wildman–Crippen MR) is 78.1 cm³/mol. The number of hydrogen-bond acceptors (Lipinski definition) is 3. The Hall–Kier alpha value is -2.43. The third kappa shape index (κ3) is 2.72. The quantitative estimate of drug-likeness (QED) is 0.901. The van der Waals surface area contributed by atoms with E-state index in [4.69, 9.17) is 0 Å². The highest BCUT2D eigenvalue weighted by atomic mass is 16.4. The molecule has 0 saturated heterocycles. The number of carbonyl (C=O) groups is 2. The van der Waals surface area contributed by atoms with Gasteiger partial charge in [0, 0.05) is 11.1 Å². The number of amides is 1. The molecule has 1 atom stereocenters. The Bertz CT molecular complexity index is 723. The predicted octanol–water partition coefficient (Wildman–Crippen LogP) is 2.14. The summed E-state index contributed by atoms with van der Waals surface area (Å²) in [7, 11) is 0. The molecule has 1 saturated carbocycles. The summed E-state index contributed by atoms with van der Waals surface area (Å²) < 4.78 is 0. The van der Waals surface area contributed by atoms with Crippen LogP contribution in [0, 0.1) is 12.8 Å². The Morgan fingerprint density at radius 3 is 2.71 bits per heavy atom. The zero-order chi connectivity index (χ0) is 15.0. The van der Waals surface area contributed by atoms with Gasteiger partial charge < -0.3 is 10.4 Å². The van der Waals surface area contributed by atoms with Gasteiger partial charge in [0.05, 0.1) is 11.1 Å². The minimum Gasteiger partial charge on any atom is -0.480 e. The number of rotatable bonds is 4. The number of aromatic nitrogens is 1. The highest BCUT2D eigenvalue weighted by molar-refractivity contribution is 6.06. The highest BCUT2D eigenvalue weighted by Crippen LogP contribution is 2.33. The molecule has 5 heteroatoms. The lowest BCUT2D eigenvalue weighted by Crippen LogP contribution is -2.42. The molecule has 2 N–H and O–H groups in total. The molecule has 1 unspecified atom stereocenters. The number of aryl methyl sites for hydroxylation is 1.